The SMILES string of the molecule is C[C@@H]1CN(CCOC2CCNCC2)C[C@@H](C)O1. The van der Waals surface area contributed by atoms with Gasteiger partial charge in [0.05, 0.1) is 24.9 Å². The van der Waals surface area contributed by atoms with Gasteiger partial charge in [0.15, 0.2) is 0 Å². The van der Waals surface area contributed by atoms with Crippen LogP contribution in [0.3, 0.4) is 0 Å². The lowest BCUT2D eigenvalue weighted by atomic mass is 10.1. The highest BCUT2D eigenvalue weighted by Gasteiger charge is 2.22. The molecule has 2 saturated heterocycles. The van der Waals surface area contributed by atoms with Gasteiger partial charge in [-0.15, -0.1) is 0 Å². The van der Waals surface area contributed by atoms with Gasteiger partial charge in [-0.25, -0.2) is 0 Å². The molecule has 2 aliphatic rings. The van der Waals surface area contributed by atoms with Gasteiger partial charge in [-0.2, -0.15) is 0 Å². The van der Waals surface area contributed by atoms with Crippen LogP contribution < -0.4 is 5.32 Å². The number of hydrogen-bond acceptors (Lipinski definition) is 4. The van der Waals surface area contributed by atoms with E-state index in [4.69, 9.17) is 9.47 Å². The maximum Gasteiger partial charge on any atom is 0.0678 e. The molecule has 0 spiro atoms. The Bertz CT molecular complexity index is 209. The minimum atomic E-state index is 0.359. The zero-order chi connectivity index (χ0) is 12.1. The van der Waals surface area contributed by atoms with Crippen LogP contribution in [0.15, 0.2) is 0 Å². The van der Waals surface area contributed by atoms with Crippen LogP contribution in [0, 0.1) is 0 Å². The molecule has 0 amide bonds. The smallest absolute Gasteiger partial charge is 0.0678 e. The second-order valence-electron chi connectivity index (χ2n) is 5.34. The molecule has 2 atom stereocenters. The number of hydrogen-bond donors (Lipinski definition) is 1. The lowest BCUT2D eigenvalue weighted by Gasteiger charge is -2.35. The van der Waals surface area contributed by atoms with Gasteiger partial charge in [-0.05, 0) is 39.8 Å². The van der Waals surface area contributed by atoms with Crippen molar-refractivity contribution >= 4 is 0 Å². The van der Waals surface area contributed by atoms with Crippen molar-refractivity contribution in [2.45, 2.75) is 45.0 Å². The molecule has 2 aliphatic heterocycles. The van der Waals surface area contributed by atoms with E-state index in [0.717, 1.165) is 52.2 Å². The van der Waals surface area contributed by atoms with Crippen LogP contribution in [0.25, 0.3) is 0 Å². The van der Waals surface area contributed by atoms with E-state index in [9.17, 15) is 0 Å². The lowest BCUT2D eigenvalue weighted by Crippen LogP contribution is -2.46. The van der Waals surface area contributed by atoms with Crippen LogP contribution in [0.2, 0.25) is 0 Å². The number of piperidine rings is 1. The number of nitrogens with zero attached hydrogens (tertiary/aromatic N) is 1. The van der Waals surface area contributed by atoms with E-state index in [0.29, 0.717) is 18.3 Å². The van der Waals surface area contributed by atoms with Crippen molar-refractivity contribution in [1.82, 2.24) is 10.2 Å². The first-order valence-electron chi connectivity index (χ1n) is 6.94. The van der Waals surface area contributed by atoms with Crippen LogP contribution in [0.1, 0.15) is 26.7 Å². The van der Waals surface area contributed by atoms with Gasteiger partial charge in [0, 0.05) is 19.6 Å². The van der Waals surface area contributed by atoms with E-state index in [2.05, 4.69) is 24.1 Å². The lowest BCUT2D eigenvalue weighted by molar-refractivity contribution is -0.0770. The highest BCUT2D eigenvalue weighted by molar-refractivity contribution is 4.73. The van der Waals surface area contributed by atoms with Crippen LogP contribution in [-0.2, 0) is 9.47 Å². The summed E-state index contributed by atoms with van der Waals surface area (Å²) in [7, 11) is 0. The highest BCUT2D eigenvalue weighted by atomic mass is 16.5. The number of rotatable bonds is 4. The normalized spacial score (nSPS) is 32.8. The molecule has 0 aromatic carbocycles. The standard InChI is InChI=1S/C13H26N2O2/c1-11-9-15(10-12(2)17-11)7-8-16-13-3-5-14-6-4-13/h11-14H,3-10H2,1-2H3/t11-,12-/m1/s1. The Balaban J connectivity index is 1.60. The average Bonchev–Trinajstić information content (AvgIpc) is 2.29. The molecule has 100 valence electrons. The van der Waals surface area contributed by atoms with E-state index in [1.54, 1.807) is 0 Å². The molecule has 0 radical (unpaired) electrons. The second-order valence-corrected chi connectivity index (χ2v) is 5.34. The van der Waals surface area contributed by atoms with Crippen molar-refractivity contribution in [3.05, 3.63) is 0 Å². The van der Waals surface area contributed by atoms with Gasteiger partial charge in [0.1, 0.15) is 0 Å². The first-order valence-corrected chi connectivity index (χ1v) is 6.94. The van der Waals surface area contributed by atoms with Crippen molar-refractivity contribution in [1.29, 1.82) is 0 Å². The summed E-state index contributed by atoms with van der Waals surface area (Å²) in [6.07, 6.45) is 3.52. The predicted octanol–water partition coefficient (Wildman–Crippen LogP) is 0.864. The van der Waals surface area contributed by atoms with Gasteiger partial charge < -0.3 is 14.8 Å². The fraction of sp³-hybridized carbons (Fsp3) is 1.00. The third kappa shape index (κ3) is 4.54. The molecule has 17 heavy (non-hydrogen) atoms. The van der Waals surface area contributed by atoms with E-state index < -0.39 is 0 Å². The molecular formula is C13H26N2O2. The minimum Gasteiger partial charge on any atom is -0.377 e. The van der Waals surface area contributed by atoms with Crippen LogP contribution in [0.4, 0.5) is 0 Å². The molecule has 1 N–H and O–H groups in total. The zero-order valence-electron chi connectivity index (χ0n) is 11.2. The van der Waals surface area contributed by atoms with Crippen molar-refractivity contribution in [2.24, 2.45) is 0 Å². The van der Waals surface area contributed by atoms with Crippen LogP contribution in [-0.4, -0.2) is 62.5 Å². The third-order valence-electron chi connectivity index (χ3n) is 3.54. The minimum absolute atomic E-state index is 0.359. The third-order valence-corrected chi connectivity index (χ3v) is 3.54. The summed E-state index contributed by atoms with van der Waals surface area (Å²) in [5.41, 5.74) is 0. The number of ether oxygens (including phenoxy) is 2. The second kappa shape index (κ2) is 6.69. The summed E-state index contributed by atoms with van der Waals surface area (Å²) in [4.78, 5) is 2.46. The molecule has 0 aromatic rings. The summed E-state index contributed by atoms with van der Waals surface area (Å²) in [5.74, 6) is 0. The van der Waals surface area contributed by atoms with Gasteiger partial charge in [0.25, 0.3) is 0 Å². The molecular weight excluding hydrogens is 216 g/mol. The van der Waals surface area contributed by atoms with Gasteiger partial charge in [-0.1, -0.05) is 0 Å². The average molecular weight is 242 g/mol. The van der Waals surface area contributed by atoms with E-state index >= 15 is 0 Å². The Hall–Kier alpha value is -0.160. The highest BCUT2D eigenvalue weighted by Crippen LogP contribution is 2.11. The molecule has 0 aromatic heterocycles. The summed E-state index contributed by atoms with van der Waals surface area (Å²) in [5, 5.41) is 3.36. The number of nitrogens with one attached hydrogen (secondary N) is 1. The Labute approximate surface area is 105 Å². The molecule has 0 bridgehead atoms. The maximum absolute atomic E-state index is 5.93. The van der Waals surface area contributed by atoms with Crippen LogP contribution >= 0.6 is 0 Å². The molecule has 4 heteroatoms. The largest absolute Gasteiger partial charge is 0.377 e. The van der Waals surface area contributed by atoms with E-state index in [1.807, 2.05) is 0 Å². The molecule has 0 unspecified atom stereocenters. The topological polar surface area (TPSA) is 33.7 Å². The van der Waals surface area contributed by atoms with Crippen molar-refractivity contribution in [3.63, 3.8) is 0 Å². The van der Waals surface area contributed by atoms with E-state index in [1.165, 1.54) is 0 Å². The molecule has 2 heterocycles. The van der Waals surface area contributed by atoms with Crippen LogP contribution in [0.5, 0.6) is 0 Å². The number of morpholine rings is 1. The van der Waals surface area contributed by atoms with Gasteiger partial charge >= 0.3 is 0 Å². The molecule has 4 nitrogen and oxygen atoms in total. The van der Waals surface area contributed by atoms with Crippen molar-refractivity contribution in [3.8, 4) is 0 Å². The summed E-state index contributed by atoms with van der Waals surface area (Å²) < 4.78 is 11.7. The summed E-state index contributed by atoms with van der Waals surface area (Å²) >= 11 is 0. The summed E-state index contributed by atoms with van der Waals surface area (Å²) in [6.45, 7) is 10.5. The molecule has 2 fully saturated rings. The fourth-order valence-electron chi connectivity index (χ4n) is 2.78. The first kappa shape index (κ1) is 13.3. The Morgan fingerprint density at radius 1 is 1.18 bits per heavy atom. The molecule has 0 saturated carbocycles. The Kier molecular flexibility index (Phi) is 5.22. The fourth-order valence-corrected chi connectivity index (χ4v) is 2.78. The molecule has 2 rings (SSSR count). The van der Waals surface area contributed by atoms with Gasteiger partial charge in [0.2, 0.25) is 0 Å². The van der Waals surface area contributed by atoms with Gasteiger partial charge in [-0.3, -0.25) is 4.90 Å². The first-order chi connectivity index (χ1) is 8.24. The predicted molar refractivity (Wildman–Crippen MR) is 68.3 cm³/mol. The Morgan fingerprint density at radius 2 is 1.82 bits per heavy atom. The quantitative estimate of drug-likeness (QED) is 0.793. The van der Waals surface area contributed by atoms with Crippen molar-refractivity contribution < 1.29 is 9.47 Å². The maximum atomic E-state index is 5.93. The monoisotopic (exact) mass is 242 g/mol. The Morgan fingerprint density at radius 3 is 2.47 bits per heavy atom. The molecule has 0 aliphatic carbocycles. The van der Waals surface area contributed by atoms with E-state index in [-0.39, 0.29) is 0 Å². The zero-order valence-corrected chi connectivity index (χ0v) is 11.2. The summed E-state index contributed by atoms with van der Waals surface area (Å²) in [6, 6.07) is 0. The van der Waals surface area contributed by atoms with Crippen molar-refractivity contribution in [2.75, 3.05) is 39.3 Å².